The zero-order valence-electron chi connectivity index (χ0n) is 13.9. The molecule has 0 spiro atoms. The van der Waals surface area contributed by atoms with Crippen LogP contribution in [0.3, 0.4) is 0 Å². The normalized spacial score (nSPS) is 19.4. The first-order valence-electron chi connectivity index (χ1n) is 7.54. The fourth-order valence-electron chi connectivity index (χ4n) is 2.34. The van der Waals surface area contributed by atoms with Gasteiger partial charge in [-0.15, -0.1) is 0 Å². The molecule has 1 rings (SSSR count). The SMILES string of the molecule is CN=C(NCC(C1CC1)N(C)C)NC(C)CCS(C)(=O)=O. The van der Waals surface area contributed by atoms with Gasteiger partial charge in [-0.25, -0.2) is 8.42 Å². The molecule has 21 heavy (non-hydrogen) atoms. The Kier molecular flexibility index (Phi) is 6.93. The lowest BCUT2D eigenvalue weighted by Crippen LogP contribution is -2.48. The predicted molar refractivity (Wildman–Crippen MR) is 88.5 cm³/mol. The molecule has 1 fully saturated rings. The number of aliphatic imine (C=N–C) groups is 1. The van der Waals surface area contributed by atoms with Crippen molar-refractivity contribution in [2.24, 2.45) is 10.9 Å². The molecule has 124 valence electrons. The van der Waals surface area contributed by atoms with Crippen LogP contribution in [0.15, 0.2) is 4.99 Å². The van der Waals surface area contributed by atoms with Gasteiger partial charge in [-0.2, -0.15) is 0 Å². The van der Waals surface area contributed by atoms with Gasteiger partial charge in [-0.3, -0.25) is 4.99 Å². The Hall–Kier alpha value is -0.820. The molecular weight excluding hydrogens is 288 g/mol. The van der Waals surface area contributed by atoms with E-state index < -0.39 is 9.84 Å². The van der Waals surface area contributed by atoms with E-state index in [0.717, 1.165) is 18.4 Å². The van der Waals surface area contributed by atoms with Crippen LogP contribution in [-0.2, 0) is 9.84 Å². The first kappa shape index (κ1) is 18.2. The van der Waals surface area contributed by atoms with Crippen molar-refractivity contribution in [2.45, 2.75) is 38.3 Å². The van der Waals surface area contributed by atoms with Crippen molar-refractivity contribution in [3.05, 3.63) is 0 Å². The number of nitrogens with one attached hydrogen (secondary N) is 2. The molecule has 2 atom stereocenters. The van der Waals surface area contributed by atoms with Crippen LogP contribution in [0.1, 0.15) is 26.2 Å². The minimum Gasteiger partial charge on any atom is -0.355 e. The maximum Gasteiger partial charge on any atom is 0.191 e. The van der Waals surface area contributed by atoms with Gasteiger partial charge in [0.15, 0.2) is 5.96 Å². The van der Waals surface area contributed by atoms with Crippen molar-refractivity contribution in [1.29, 1.82) is 0 Å². The van der Waals surface area contributed by atoms with E-state index in [1.807, 2.05) is 6.92 Å². The smallest absolute Gasteiger partial charge is 0.191 e. The van der Waals surface area contributed by atoms with E-state index in [1.165, 1.54) is 19.1 Å². The molecule has 0 aliphatic heterocycles. The minimum atomic E-state index is -2.91. The van der Waals surface area contributed by atoms with E-state index in [1.54, 1.807) is 7.05 Å². The number of rotatable bonds is 8. The van der Waals surface area contributed by atoms with Crippen LogP contribution >= 0.6 is 0 Å². The number of hydrogen-bond donors (Lipinski definition) is 2. The molecule has 2 unspecified atom stereocenters. The summed E-state index contributed by atoms with van der Waals surface area (Å²) in [7, 11) is 3.04. The lowest BCUT2D eigenvalue weighted by atomic mass is 10.1. The molecular formula is C14H30N4O2S. The zero-order chi connectivity index (χ0) is 16.0. The molecule has 0 saturated heterocycles. The average molecular weight is 318 g/mol. The van der Waals surface area contributed by atoms with Crippen LogP contribution in [0.4, 0.5) is 0 Å². The highest BCUT2D eigenvalue weighted by Crippen LogP contribution is 2.34. The number of guanidine groups is 1. The van der Waals surface area contributed by atoms with Crippen molar-refractivity contribution in [3.63, 3.8) is 0 Å². The fraction of sp³-hybridized carbons (Fsp3) is 0.929. The summed E-state index contributed by atoms with van der Waals surface area (Å²) in [5, 5.41) is 6.60. The monoisotopic (exact) mass is 318 g/mol. The maximum absolute atomic E-state index is 11.2. The van der Waals surface area contributed by atoms with Gasteiger partial charge in [0.1, 0.15) is 9.84 Å². The summed E-state index contributed by atoms with van der Waals surface area (Å²) in [6.07, 6.45) is 4.46. The van der Waals surface area contributed by atoms with Gasteiger partial charge >= 0.3 is 0 Å². The summed E-state index contributed by atoms with van der Waals surface area (Å²) in [6.45, 7) is 2.83. The minimum absolute atomic E-state index is 0.0738. The third-order valence-corrected chi connectivity index (χ3v) is 4.81. The molecule has 1 aliphatic rings. The molecule has 1 aliphatic carbocycles. The number of likely N-dealkylation sites (N-methyl/N-ethyl adjacent to an activating group) is 1. The van der Waals surface area contributed by atoms with Crippen LogP contribution in [-0.4, -0.2) is 71.1 Å². The van der Waals surface area contributed by atoms with Gasteiger partial charge in [0, 0.05) is 31.9 Å². The molecule has 2 N–H and O–H groups in total. The van der Waals surface area contributed by atoms with Crippen molar-refractivity contribution < 1.29 is 8.42 Å². The van der Waals surface area contributed by atoms with E-state index in [0.29, 0.717) is 12.5 Å². The Morgan fingerprint density at radius 3 is 2.43 bits per heavy atom. The Labute approximate surface area is 129 Å². The third kappa shape index (κ3) is 7.66. The highest BCUT2D eigenvalue weighted by molar-refractivity contribution is 7.90. The van der Waals surface area contributed by atoms with Gasteiger partial charge in [0.05, 0.1) is 5.75 Å². The quantitative estimate of drug-likeness (QED) is 0.498. The molecule has 0 aromatic carbocycles. The molecule has 0 radical (unpaired) electrons. The first-order valence-corrected chi connectivity index (χ1v) is 9.60. The van der Waals surface area contributed by atoms with E-state index in [2.05, 4.69) is 34.6 Å². The largest absolute Gasteiger partial charge is 0.355 e. The summed E-state index contributed by atoms with van der Waals surface area (Å²) in [6, 6.07) is 0.597. The molecule has 6 nitrogen and oxygen atoms in total. The van der Waals surface area contributed by atoms with Crippen LogP contribution in [0.5, 0.6) is 0 Å². The van der Waals surface area contributed by atoms with E-state index in [9.17, 15) is 8.42 Å². The van der Waals surface area contributed by atoms with Gasteiger partial charge in [0.2, 0.25) is 0 Å². The predicted octanol–water partition coefficient (Wildman–Crippen LogP) is 0.315. The molecule has 0 bridgehead atoms. The van der Waals surface area contributed by atoms with Crippen LogP contribution in [0.2, 0.25) is 0 Å². The van der Waals surface area contributed by atoms with Crippen molar-refractivity contribution in [3.8, 4) is 0 Å². The molecule has 1 saturated carbocycles. The summed E-state index contributed by atoms with van der Waals surface area (Å²) >= 11 is 0. The maximum atomic E-state index is 11.2. The lowest BCUT2D eigenvalue weighted by molar-refractivity contribution is 0.264. The first-order chi connectivity index (χ1) is 9.73. The van der Waals surface area contributed by atoms with Crippen LogP contribution in [0, 0.1) is 5.92 Å². The van der Waals surface area contributed by atoms with Crippen LogP contribution in [0.25, 0.3) is 0 Å². The van der Waals surface area contributed by atoms with Crippen molar-refractivity contribution >= 4 is 15.8 Å². The summed E-state index contributed by atoms with van der Waals surface area (Å²) in [4.78, 5) is 6.46. The molecule has 7 heteroatoms. The Balaban J connectivity index is 2.37. The van der Waals surface area contributed by atoms with Gasteiger partial charge in [-0.05, 0) is 46.2 Å². The van der Waals surface area contributed by atoms with Crippen molar-refractivity contribution in [1.82, 2.24) is 15.5 Å². The van der Waals surface area contributed by atoms with Crippen molar-refractivity contribution in [2.75, 3.05) is 39.7 Å². The average Bonchev–Trinajstić information content (AvgIpc) is 3.18. The standard InChI is InChI=1S/C14H30N4O2S/c1-11(8-9-21(5,19)20)17-14(15-2)16-10-13(18(3)4)12-6-7-12/h11-13H,6-10H2,1-5H3,(H2,15,16,17). The van der Waals surface area contributed by atoms with Gasteiger partial charge < -0.3 is 15.5 Å². The number of nitrogens with zero attached hydrogens (tertiary/aromatic N) is 2. The molecule has 0 aromatic heterocycles. The van der Waals surface area contributed by atoms with E-state index in [-0.39, 0.29) is 11.8 Å². The van der Waals surface area contributed by atoms with E-state index in [4.69, 9.17) is 0 Å². The fourth-order valence-corrected chi connectivity index (χ4v) is 3.13. The second kappa shape index (κ2) is 7.98. The van der Waals surface area contributed by atoms with Crippen LogP contribution < -0.4 is 10.6 Å². The summed E-state index contributed by atoms with van der Waals surface area (Å²) < 4.78 is 22.4. The van der Waals surface area contributed by atoms with Gasteiger partial charge in [-0.1, -0.05) is 0 Å². The van der Waals surface area contributed by atoms with E-state index >= 15 is 0 Å². The second-order valence-corrected chi connectivity index (χ2v) is 8.55. The molecule has 0 aromatic rings. The Bertz CT molecular complexity index is 442. The number of sulfone groups is 1. The highest BCUT2D eigenvalue weighted by atomic mass is 32.2. The summed E-state index contributed by atoms with van der Waals surface area (Å²) in [5.74, 6) is 1.72. The zero-order valence-corrected chi connectivity index (χ0v) is 14.7. The lowest BCUT2D eigenvalue weighted by Gasteiger charge is -2.26. The highest BCUT2D eigenvalue weighted by Gasteiger charge is 2.32. The molecule has 0 heterocycles. The Morgan fingerprint density at radius 2 is 2.00 bits per heavy atom. The third-order valence-electron chi connectivity index (χ3n) is 3.84. The topological polar surface area (TPSA) is 73.8 Å². The number of hydrogen-bond acceptors (Lipinski definition) is 4. The molecule has 0 amide bonds. The second-order valence-electron chi connectivity index (χ2n) is 6.29. The van der Waals surface area contributed by atoms with Gasteiger partial charge in [0.25, 0.3) is 0 Å². The Morgan fingerprint density at radius 1 is 1.38 bits per heavy atom. The summed E-state index contributed by atoms with van der Waals surface area (Å²) in [5.41, 5.74) is 0.